The van der Waals surface area contributed by atoms with Crippen LogP contribution in [-0.4, -0.2) is 36.7 Å². The fourth-order valence-electron chi connectivity index (χ4n) is 3.13. The maximum Gasteiger partial charge on any atom is 0.293 e. The second-order valence-corrected chi connectivity index (χ2v) is 7.24. The van der Waals surface area contributed by atoms with Gasteiger partial charge in [0.15, 0.2) is 5.89 Å². The molecule has 6 heteroatoms. The van der Waals surface area contributed by atoms with Gasteiger partial charge in [0.2, 0.25) is 5.76 Å². The Morgan fingerprint density at radius 1 is 1.35 bits per heavy atom. The van der Waals surface area contributed by atoms with Gasteiger partial charge in [-0.15, -0.1) is 0 Å². The van der Waals surface area contributed by atoms with Gasteiger partial charge in [0.05, 0.1) is 18.9 Å². The molecule has 0 bridgehead atoms. The van der Waals surface area contributed by atoms with Crippen LogP contribution in [0.1, 0.15) is 42.9 Å². The Hall–Kier alpha value is -2.34. The van der Waals surface area contributed by atoms with Gasteiger partial charge in [0.1, 0.15) is 0 Å². The monoisotopic (exact) mass is 357 g/mol. The maximum absolute atomic E-state index is 12.5. The Balaban J connectivity index is 1.67. The second-order valence-electron chi connectivity index (χ2n) is 7.24. The highest BCUT2D eigenvalue weighted by Gasteiger charge is 2.20. The highest BCUT2D eigenvalue weighted by Crippen LogP contribution is 2.23. The van der Waals surface area contributed by atoms with E-state index in [2.05, 4.69) is 36.0 Å². The molecule has 0 saturated carbocycles. The SMILES string of the molecule is Cc1nc(CC(C)C)oc1C(=O)Nc1ccc(N2CCOC[C@@H]2C)cc1. The largest absolute Gasteiger partial charge is 0.435 e. The number of nitrogens with zero attached hydrogens (tertiary/aromatic N) is 2. The zero-order valence-corrected chi connectivity index (χ0v) is 15.9. The number of rotatable bonds is 5. The van der Waals surface area contributed by atoms with Gasteiger partial charge in [0, 0.05) is 30.4 Å². The van der Waals surface area contributed by atoms with Gasteiger partial charge < -0.3 is 19.4 Å². The lowest BCUT2D eigenvalue weighted by atomic mass is 10.1. The normalized spacial score (nSPS) is 17.6. The van der Waals surface area contributed by atoms with E-state index in [1.165, 1.54) is 0 Å². The Morgan fingerprint density at radius 2 is 2.08 bits per heavy atom. The number of carbonyl (C=O) groups is 1. The van der Waals surface area contributed by atoms with E-state index in [1.54, 1.807) is 6.92 Å². The van der Waals surface area contributed by atoms with Crippen LogP contribution in [-0.2, 0) is 11.2 Å². The molecule has 1 amide bonds. The van der Waals surface area contributed by atoms with Crippen LogP contribution in [0, 0.1) is 12.8 Å². The summed E-state index contributed by atoms with van der Waals surface area (Å²) in [7, 11) is 0. The summed E-state index contributed by atoms with van der Waals surface area (Å²) in [6.45, 7) is 10.5. The molecule has 1 atom stereocenters. The van der Waals surface area contributed by atoms with E-state index in [-0.39, 0.29) is 11.7 Å². The smallest absolute Gasteiger partial charge is 0.293 e. The molecule has 0 radical (unpaired) electrons. The molecule has 0 aliphatic carbocycles. The Kier molecular flexibility index (Phi) is 5.61. The molecule has 3 rings (SSSR count). The number of aryl methyl sites for hydroxylation is 1. The fraction of sp³-hybridized carbons (Fsp3) is 0.500. The van der Waals surface area contributed by atoms with Crippen LogP contribution < -0.4 is 10.2 Å². The predicted octanol–water partition coefficient (Wildman–Crippen LogP) is 3.66. The molecule has 0 spiro atoms. The first-order valence-corrected chi connectivity index (χ1v) is 9.16. The molecule has 2 heterocycles. The average molecular weight is 357 g/mol. The quantitative estimate of drug-likeness (QED) is 0.884. The zero-order chi connectivity index (χ0) is 18.7. The first-order valence-electron chi connectivity index (χ1n) is 9.16. The third kappa shape index (κ3) is 4.25. The Bertz CT molecular complexity index is 752. The van der Waals surface area contributed by atoms with E-state index in [9.17, 15) is 4.79 Å². The number of aromatic nitrogens is 1. The van der Waals surface area contributed by atoms with Gasteiger partial charge in [-0.3, -0.25) is 4.79 Å². The average Bonchev–Trinajstić information content (AvgIpc) is 2.96. The van der Waals surface area contributed by atoms with Crippen molar-refractivity contribution in [1.29, 1.82) is 0 Å². The molecule has 1 aromatic heterocycles. The van der Waals surface area contributed by atoms with E-state index >= 15 is 0 Å². The minimum atomic E-state index is -0.266. The highest BCUT2D eigenvalue weighted by atomic mass is 16.5. The molecule has 6 nitrogen and oxygen atoms in total. The van der Waals surface area contributed by atoms with Gasteiger partial charge in [-0.25, -0.2) is 4.98 Å². The minimum Gasteiger partial charge on any atom is -0.435 e. The number of oxazole rings is 1. The summed E-state index contributed by atoms with van der Waals surface area (Å²) in [5, 5.41) is 2.89. The summed E-state index contributed by atoms with van der Waals surface area (Å²) >= 11 is 0. The number of hydrogen-bond donors (Lipinski definition) is 1. The van der Waals surface area contributed by atoms with Crippen LogP contribution in [0.25, 0.3) is 0 Å². The molecule has 1 aliphatic rings. The first kappa shape index (κ1) is 18.5. The minimum absolute atomic E-state index is 0.266. The number of amides is 1. The van der Waals surface area contributed by atoms with Crippen molar-refractivity contribution in [2.75, 3.05) is 30.0 Å². The number of carbonyl (C=O) groups excluding carboxylic acids is 1. The van der Waals surface area contributed by atoms with Gasteiger partial charge >= 0.3 is 0 Å². The highest BCUT2D eigenvalue weighted by molar-refractivity contribution is 6.03. The predicted molar refractivity (Wildman–Crippen MR) is 102 cm³/mol. The third-order valence-corrected chi connectivity index (χ3v) is 4.45. The van der Waals surface area contributed by atoms with Crippen LogP contribution in [0.5, 0.6) is 0 Å². The lowest BCUT2D eigenvalue weighted by Crippen LogP contribution is -2.43. The number of morpholine rings is 1. The topological polar surface area (TPSA) is 67.6 Å². The molecule has 1 fully saturated rings. The van der Waals surface area contributed by atoms with Gasteiger partial charge in [-0.1, -0.05) is 13.8 Å². The van der Waals surface area contributed by atoms with Crippen molar-refractivity contribution < 1.29 is 13.9 Å². The lowest BCUT2D eigenvalue weighted by molar-refractivity contribution is 0.0989. The molecule has 1 N–H and O–H groups in total. The number of ether oxygens (including phenoxy) is 1. The Labute approximate surface area is 154 Å². The number of anilines is 2. The fourth-order valence-corrected chi connectivity index (χ4v) is 3.13. The van der Waals surface area contributed by atoms with Crippen LogP contribution in [0.4, 0.5) is 11.4 Å². The van der Waals surface area contributed by atoms with Crippen molar-refractivity contribution >= 4 is 17.3 Å². The summed E-state index contributed by atoms with van der Waals surface area (Å²) in [5.74, 6) is 1.06. The first-order chi connectivity index (χ1) is 12.4. The molecule has 140 valence electrons. The molecule has 1 saturated heterocycles. The van der Waals surface area contributed by atoms with Crippen molar-refractivity contribution in [3.63, 3.8) is 0 Å². The summed E-state index contributed by atoms with van der Waals surface area (Å²) < 4.78 is 11.1. The summed E-state index contributed by atoms with van der Waals surface area (Å²) in [6, 6.07) is 8.22. The summed E-state index contributed by atoms with van der Waals surface area (Å²) in [6.07, 6.45) is 0.723. The summed E-state index contributed by atoms with van der Waals surface area (Å²) in [5.41, 5.74) is 2.49. The van der Waals surface area contributed by atoms with Crippen molar-refractivity contribution in [2.45, 2.75) is 40.2 Å². The van der Waals surface area contributed by atoms with Crippen LogP contribution in [0.2, 0.25) is 0 Å². The van der Waals surface area contributed by atoms with Crippen LogP contribution >= 0.6 is 0 Å². The van der Waals surface area contributed by atoms with Crippen molar-refractivity contribution in [1.82, 2.24) is 4.98 Å². The summed E-state index contributed by atoms with van der Waals surface area (Å²) in [4.78, 5) is 19.2. The second kappa shape index (κ2) is 7.91. The molecule has 0 unspecified atom stereocenters. The van der Waals surface area contributed by atoms with Crippen LogP contribution in [0.3, 0.4) is 0 Å². The molecular formula is C20H27N3O3. The lowest BCUT2D eigenvalue weighted by Gasteiger charge is -2.35. The van der Waals surface area contributed by atoms with E-state index < -0.39 is 0 Å². The van der Waals surface area contributed by atoms with Gasteiger partial charge in [0.25, 0.3) is 5.91 Å². The molecule has 1 aromatic carbocycles. The molecule has 26 heavy (non-hydrogen) atoms. The van der Waals surface area contributed by atoms with Crippen molar-refractivity contribution in [3.05, 3.63) is 41.6 Å². The zero-order valence-electron chi connectivity index (χ0n) is 15.9. The molecular weight excluding hydrogens is 330 g/mol. The number of hydrogen-bond acceptors (Lipinski definition) is 5. The van der Waals surface area contributed by atoms with E-state index in [0.29, 0.717) is 23.5 Å². The number of nitrogens with one attached hydrogen (secondary N) is 1. The van der Waals surface area contributed by atoms with Crippen molar-refractivity contribution in [2.24, 2.45) is 5.92 Å². The van der Waals surface area contributed by atoms with E-state index in [0.717, 1.165) is 37.6 Å². The third-order valence-electron chi connectivity index (χ3n) is 4.45. The number of benzene rings is 1. The van der Waals surface area contributed by atoms with Gasteiger partial charge in [-0.05, 0) is 44.0 Å². The van der Waals surface area contributed by atoms with Crippen molar-refractivity contribution in [3.8, 4) is 0 Å². The van der Waals surface area contributed by atoms with E-state index in [4.69, 9.17) is 9.15 Å². The molecule has 1 aliphatic heterocycles. The standard InChI is InChI=1S/C20H27N3O3/c1-13(2)11-18-21-15(4)19(26-18)20(24)22-16-5-7-17(8-6-16)23-9-10-25-12-14(23)3/h5-8,13-14H,9-12H2,1-4H3,(H,22,24)/t14-/m0/s1. The Morgan fingerprint density at radius 3 is 2.73 bits per heavy atom. The molecule has 2 aromatic rings. The van der Waals surface area contributed by atoms with E-state index in [1.807, 2.05) is 24.3 Å². The van der Waals surface area contributed by atoms with Gasteiger partial charge in [-0.2, -0.15) is 0 Å². The van der Waals surface area contributed by atoms with Crippen LogP contribution in [0.15, 0.2) is 28.7 Å². The maximum atomic E-state index is 12.5.